The van der Waals surface area contributed by atoms with Crippen LogP contribution < -0.4 is 10.4 Å². The highest BCUT2D eigenvalue weighted by molar-refractivity contribution is 7.04. The molecule has 0 atom stereocenters. The SMILES string of the molecule is C[Si]1(C)c2ccccc2-c2cc3c(-c4cccc5oc6ccccc6c45)c4ccccc4c(-c4cccc5oc6ccccc6c45)c3cc21. The van der Waals surface area contributed by atoms with Gasteiger partial charge in [-0.15, -0.1) is 0 Å². The second-order valence-corrected chi connectivity index (χ2v) is 18.3. The van der Waals surface area contributed by atoms with Crippen LogP contribution in [-0.4, -0.2) is 8.07 Å². The number of hydrogen-bond acceptors (Lipinski definition) is 2. The van der Waals surface area contributed by atoms with E-state index in [0.717, 1.165) is 38.5 Å². The van der Waals surface area contributed by atoms with Gasteiger partial charge in [0.05, 0.1) is 0 Å². The first-order chi connectivity index (χ1) is 24.1. The van der Waals surface area contributed by atoms with Gasteiger partial charge in [-0.3, -0.25) is 0 Å². The van der Waals surface area contributed by atoms with E-state index in [1.807, 2.05) is 0 Å². The minimum atomic E-state index is -1.97. The predicted molar refractivity (Wildman–Crippen MR) is 209 cm³/mol. The Hall–Kier alpha value is -5.90. The van der Waals surface area contributed by atoms with E-state index >= 15 is 0 Å². The second-order valence-electron chi connectivity index (χ2n) is 14.0. The van der Waals surface area contributed by atoms with Gasteiger partial charge >= 0.3 is 0 Å². The van der Waals surface area contributed by atoms with Crippen molar-refractivity contribution in [3.8, 4) is 33.4 Å². The molecule has 11 rings (SSSR count). The van der Waals surface area contributed by atoms with Crippen LogP contribution in [0.2, 0.25) is 13.1 Å². The number of hydrogen-bond donors (Lipinski definition) is 0. The van der Waals surface area contributed by atoms with Crippen LogP contribution in [0.15, 0.2) is 154 Å². The average Bonchev–Trinajstić information content (AvgIpc) is 3.78. The van der Waals surface area contributed by atoms with Crippen molar-refractivity contribution in [3.63, 3.8) is 0 Å². The van der Waals surface area contributed by atoms with Crippen molar-refractivity contribution in [2.24, 2.45) is 0 Å². The molecule has 10 aromatic rings. The van der Waals surface area contributed by atoms with Crippen LogP contribution in [0.25, 0.3) is 98.8 Å². The zero-order chi connectivity index (χ0) is 32.4. The maximum atomic E-state index is 6.46. The van der Waals surface area contributed by atoms with E-state index in [2.05, 4.69) is 159 Å². The zero-order valence-electron chi connectivity index (χ0n) is 27.2. The zero-order valence-corrected chi connectivity index (χ0v) is 28.2. The number of benzene rings is 8. The molecule has 2 nitrogen and oxygen atoms in total. The molecule has 0 bridgehead atoms. The van der Waals surface area contributed by atoms with Gasteiger partial charge in [-0.2, -0.15) is 0 Å². The quantitative estimate of drug-likeness (QED) is 0.139. The van der Waals surface area contributed by atoms with Gasteiger partial charge in [0, 0.05) is 21.5 Å². The first kappa shape index (κ1) is 27.1. The lowest BCUT2D eigenvalue weighted by Crippen LogP contribution is -2.49. The summed E-state index contributed by atoms with van der Waals surface area (Å²) in [6, 6.07) is 53.1. The van der Waals surface area contributed by atoms with Crippen LogP contribution in [0.5, 0.6) is 0 Å². The molecule has 0 aliphatic carbocycles. The third-order valence-electron chi connectivity index (χ3n) is 11.1. The predicted octanol–water partition coefficient (Wildman–Crippen LogP) is 11.9. The molecule has 8 aromatic carbocycles. The van der Waals surface area contributed by atoms with Crippen molar-refractivity contribution >= 4 is 83.9 Å². The van der Waals surface area contributed by atoms with Crippen molar-refractivity contribution < 1.29 is 8.83 Å². The van der Waals surface area contributed by atoms with Crippen LogP contribution in [0.1, 0.15) is 0 Å². The molecule has 0 saturated carbocycles. The summed E-state index contributed by atoms with van der Waals surface area (Å²) in [5, 5.41) is 12.6. The Bertz CT molecular complexity index is 3030. The monoisotopic (exact) mass is 642 g/mol. The Kier molecular flexibility index (Phi) is 5.30. The molecule has 0 N–H and O–H groups in total. The molecule has 3 heterocycles. The van der Waals surface area contributed by atoms with E-state index in [0.29, 0.717) is 0 Å². The maximum Gasteiger partial charge on any atom is 0.136 e. The molecule has 1 aliphatic rings. The summed E-state index contributed by atoms with van der Waals surface area (Å²) in [6.45, 7) is 5.02. The number of furan rings is 2. The first-order valence-corrected chi connectivity index (χ1v) is 20.0. The Morgan fingerprint density at radius 1 is 0.347 bits per heavy atom. The van der Waals surface area contributed by atoms with E-state index < -0.39 is 8.07 Å². The van der Waals surface area contributed by atoms with Crippen LogP contribution in [0.3, 0.4) is 0 Å². The molecule has 1 aliphatic heterocycles. The fraction of sp³-hybridized carbons (Fsp3) is 0.0435. The summed E-state index contributed by atoms with van der Waals surface area (Å²) in [5.74, 6) is 0. The van der Waals surface area contributed by atoms with Gasteiger partial charge < -0.3 is 8.83 Å². The number of rotatable bonds is 2. The van der Waals surface area contributed by atoms with Gasteiger partial charge in [-0.25, -0.2) is 0 Å². The second kappa shape index (κ2) is 9.59. The lowest BCUT2D eigenvalue weighted by atomic mass is 9.83. The van der Waals surface area contributed by atoms with Gasteiger partial charge in [-0.05, 0) is 95.6 Å². The smallest absolute Gasteiger partial charge is 0.136 e. The highest BCUT2D eigenvalue weighted by Crippen LogP contribution is 2.50. The molecule has 2 aromatic heterocycles. The van der Waals surface area contributed by atoms with E-state index in [9.17, 15) is 0 Å². The summed E-state index contributed by atoms with van der Waals surface area (Å²) >= 11 is 0. The first-order valence-electron chi connectivity index (χ1n) is 17.0. The molecule has 230 valence electrons. The lowest BCUT2D eigenvalue weighted by molar-refractivity contribution is 0.668. The normalized spacial score (nSPS) is 13.7. The van der Waals surface area contributed by atoms with Crippen LogP contribution in [-0.2, 0) is 0 Å². The summed E-state index contributed by atoms with van der Waals surface area (Å²) < 4.78 is 12.9. The topological polar surface area (TPSA) is 26.3 Å². The highest BCUT2D eigenvalue weighted by atomic mass is 28.3. The number of para-hydroxylation sites is 2. The maximum absolute atomic E-state index is 6.46. The number of fused-ring (bicyclic) bond motifs is 11. The van der Waals surface area contributed by atoms with Gasteiger partial charge in [0.25, 0.3) is 0 Å². The summed E-state index contributed by atoms with van der Waals surface area (Å²) in [7, 11) is -1.97. The fourth-order valence-corrected chi connectivity index (χ4v) is 12.0. The molecule has 0 saturated heterocycles. The fourth-order valence-electron chi connectivity index (χ4n) is 8.92. The van der Waals surface area contributed by atoms with E-state index in [-0.39, 0.29) is 0 Å². The highest BCUT2D eigenvalue weighted by Gasteiger charge is 2.38. The van der Waals surface area contributed by atoms with Crippen LogP contribution >= 0.6 is 0 Å². The minimum absolute atomic E-state index is 0.912. The molecule has 0 fully saturated rings. The Balaban J connectivity index is 1.38. The molecule has 0 unspecified atom stereocenters. The molecular weight excluding hydrogens is 613 g/mol. The van der Waals surface area contributed by atoms with E-state index in [1.165, 1.54) is 70.7 Å². The third-order valence-corrected chi connectivity index (χ3v) is 14.6. The van der Waals surface area contributed by atoms with Crippen LogP contribution in [0, 0.1) is 0 Å². The van der Waals surface area contributed by atoms with Crippen molar-refractivity contribution in [1.82, 2.24) is 0 Å². The third kappa shape index (κ3) is 3.55. The summed E-state index contributed by atoms with van der Waals surface area (Å²) in [4.78, 5) is 0. The lowest BCUT2D eigenvalue weighted by Gasteiger charge is -2.23. The van der Waals surface area contributed by atoms with Crippen molar-refractivity contribution in [2.45, 2.75) is 13.1 Å². The standard InChI is InChI=1S/C46H30O2Si/c1-49(2)41-24-10-7-13-27(41)34-25-35-36(26-42(34)49)44(33-19-12-23-40-46(33)31-17-6-9-21-38(31)48-40)29-15-4-3-14-28(29)43(35)32-18-11-22-39-45(32)30-16-5-8-20-37(30)47-39/h3-26H,1-2H3. The minimum Gasteiger partial charge on any atom is -0.456 e. The van der Waals surface area contributed by atoms with Gasteiger partial charge in [-0.1, -0.05) is 128 Å². The van der Waals surface area contributed by atoms with Crippen molar-refractivity contribution in [2.75, 3.05) is 0 Å². The molecule has 0 spiro atoms. The van der Waals surface area contributed by atoms with Gasteiger partial charge in [0.2, 0.25) is 0 Å². The molecule has 49 heavy (non-hydrogen) atoms. The van der Waals surface area contributed by atoms with Gasteiger partial charge in [0.15, 0.2) is 0 Å². The van der Waals surface area contributed by atoms with Gasteiger partial charge in [0.1, 0.15) is 30.4 Å². The summed E-state index contributed by atoms with van der Waals surface area (Å²) in [6.07, 6.45) is 0. The Morgan fingerprint density at radius 2 is 0.796 bits per heavy atom. The average molecular weight is 643 g/mol. The Labute approximate surface area is 283 Å². The van der Waals surface area contributed by atoms with E-state index in [1.54, 1.807) is 0 Å². The summed E-state index contributed by atoms with van der Waals surface area (Å²) in [5.41, 5.74) is 11.3. The van der Waals surface area contributed by atoms with Crippen molar-refractivity contribution in [1.29, 1.82) is 0 Å². The van der Waals surface area contributed by atoms with Crippen molar-refractivity contribution in [3.05, 3.63) is 146 Å². The molecule has 3 heteroatoms. The van der Waals surface area contributed by atoms with E-state index in [4.69, 9.17) is 8.83 Å². The Morgan fingerprint density at radius 3 is 1.39 bits per heavy atom. The largest absolute Gasteiger partial charge is 0.456 e. The molecule has 0 radical (unpaired) electrons. The molecular formula is C46H30O2Si. The van der Waals surface area contributed by atoms with Crippen LogP contribution in [0.4, 0.5) is 0 Å². The molecule has 0 amide bonds.